The van der Waals surface area contributed by atoms with Gasteiger partial charge in [-0.2, -0.15) is 0 Å². The fourth-order valence-electron chi connectivity index (χ4n) is 0.959. The van der Waals surface area contributed by atoms with Crippen molar-refractivity contribution in [1.29, 1.82) is 0 Å². The Bertz CT molecular complexity index is 308. The van der Waals surface area contributed by atoms with Crippen molar-refractivity contribution in [2.75, 3.05) is 6.61 Å². The zero-order chi connectivity index (χ0) is 9.84. The van der Waals surface area contributed by atoms with Gasteiger partial charge in [-0.05, 0) is 28.1 Å². The van der Waals surface area contributed by atoms with E-state index < -0.39 is 0 Å². The standard InChI is InChI=1S/C8H8BrClFNO/c9-8-5(3-4-13-12)7(11)2-1-6(8)10/h1-2H,3-4,12H2. The molecule has 72 valence electrons. The molecule has 0 spiro atoms. The summed E-state index contributed by atoms with van der Waals surface area (Å²) >= 11 is 8.97. The van der Waals surface area contributed by atoms with Gasteiger partial charge in [0.1, 0.15) is 5.82 Å². The predicted octanol–water partition coefficient (Wildman–Crippen LogP) is 2.67. The van der Waals surface area contributed by atoms with Crippen LogP contribution < -0.4 is 5.90 Å². The van der Waals surface area contributed by atoms with E-state index in [0.717, 1.165) is 0 Å². The molecule has 2 nitrogen and oxygen atoms in total. The van der Waals surface area contributed by atoms with E-state index in [9.17, 15) is 4.39 Å². The van der Waals surface area contributed by atoms with E-state index in [1.54, 1.807) is 0 Å². The molecule has 0 aliphatic rings. The van der Waals surface area contributed by atoms with E-state index in [1.807, 2.05) is 0 Å². The lowest BCUT2D eigenvalue weighted by molar-refractivity contribution is 0.140. The number of hydrogen-bond acceptors (Lipinski definition) is 2. The summed E-state index contributed by atoms with van der Waals surface area (Å²) in [5.41, 5.74) is 0.484. The third-order valence-electron chi connectivity index (χ3n) is 1.61. The van der Waals surface area contributed by atoms with Gasteiger partial charge in [-0.25, -0.2) is 10.3 Å². The number of nitrogens with two attached hydrogens (primary N) is 1. The molecule has 2 N–H and O–H groups in total. The first-order valence-electron chi connectivity index (χ1n) is 3.61. The largest absolute Gasteiger partial charge is 0.304 e. The fourth-order valence-corrected chi connectivity index (χ4v) is 1.66. The van der Waals surface area contributed by atoms with Gasteiger partial charge in [0.05, 0.1) is 11.6 Å². The highest BCUT2D eigenvalue weighted by Crippen LogP contribution is 2.28. The Kier molecular flexibility index (Phi) is 4.12. The summed E-state index contributed by atoms with van der Waals surface area (Å²) in [6.45, 7) is 0.260. The molecular weight excluding hydrogens is 260 g/mol. The van der Waals surface area contributed by atoms with Gasteiger partial charge in [0.2, 0.25) is 0 Å². The second kappa shape index (κ2) is 4.91. The summed E-state index contributed by atoms with van der Waals surface area (Å²) in [4.78, 5) is 4.37. The highest BCUT2D eigenvalue weighted by Gasteiger charge is 2.09. The first-order chi connectivity index (χ1) is 6.16. The summed E-state index contributed by atoms with van der Waals surface area (Å²) in [5, 5.41) is 0.480. The SMILES string of the molecule is NOCCc1c(F)ccc(Cl)c1Br. The van der Waals surface area contributed by atoms with Gasteiger partial charge < -0.3 is 4.84 Å². The topological polar surface area (TPSA) is 35.2 Å². The van der Waals surface area contributed by atoms with E-state index in [0.29, 0.717) is 21.5 Å². The van der Waals surface area contributed by atoms with Crippen molar-refractivity contribution >= 4 is 27.5 Å². The van der Waals surface area contributed by atoms with Crippen LogP contribution in [0.4, 0.5) is 4.39 Å². The minimum Gasteiger partial charge on any atom is -0.304 e. The molecule has 0 radical (unpaired) electrons. The van der Waals surface area contributed by atoms with Crippen LogP contribution in [0.5, 0.6) is 0 Å². The van der Waals surface area contributed by atoms with Crippen molar-refractivity contribution in [3.05, 3.63) is 33.0 Å². The first-order valence-corrected chi connectivity index (χ1v) is 4.78. The molecule has 0 atom stereocenters. The van der Waals surface area contributed by atoms with Gasteiger partial charge in [-0.15, -0.1) is 0 Å². The van der Waals surface area contributed by atoms with Crippen molar-refractivity contribution < 1.29 is 9.23 Å². The zero-order valence-corrected chi connectivity index (χ0v) is 9.03. The number of halogens is 3. The van der Waals surface area contributed by atoms with Gasteiger partial charge in [0.25, 0.3) is 0 Å². The maximum atomic E-state index is 13.2. The van der Waals surface area contributed by atoms with Gasteiger partial charge >= 0.3 is 0 Å². The lowest BCUT2D eigenvalue weighted by atomic mass is 10.1. The third kappa shape index (κ3) is 2.64. The Balaban J connectivity index is 2.96. The van der Waals surface area contributed by atoms with E-state index in [-0.39, 0.29) is 12.4 Å². The van der Waals surface area contributed by atoms with Crippen molar-refractivity contribution in [1.82, 2.24) is 0 Å². The van der Waals surface area contributed by atoms with Crippen LogP contribution in [0.3, 0.4) is 0 Å². The van der Waals surface area contributed by atoms with Crippen LogP contribution in [0.15, 0.2) is 16.6 Å². The predicted molar refractivity (Wildman–Crippen MR) is 53.0 cm³/mol. The zero-order valence-electron chi connectivity index (χ0n) is 6.69. The van der Waals surface area contributed by atoms with Crippen LogP contribution in [0.2, 0.25) is 5.02 Å². The molecule has 5 heteroatoms. The minimum atomic E-state index is -0.312. The smallest absolute Gasteiger partial charge is 0.127 e. The average molecular weight is 269 g/mol. The molecule has 1 aromatic carbocycles. The molecule has 0 bridgehead atoms. The molecule has 0 aliphatic heterocycles. The van der Waals surface area contributed by atoms with E-state index in [2.05, 4.69) is 20.8 Å². The fraction of sp³-hybridized carbons (Fsp3) is 0.250. The monoisotopic (exact) mass is 267 g/mol. The summed E-state index contributed by atoms with van der Waals surface area (Å²) in [7, 11) is 0. The van der Waals surface area contributed by atoms with Gasteiger partial charge in [0.15, 0.2) is 0 Å². The third-order valence-corrected chi connectivity index (χ3v) is 3.06. The Morgan fingerprint density at radius 3 is 2.85 bits per heavy atom. The number of hydrogen-bond donors (Lipinski definition) is 1. The molecule has 13 heavy (non-hydrogen) atoms. The van der Waals surface area contributed by atoms with Crippen molar-refractivity contribution in [2.45, 2.75) is 6.42 Å². The molecule has 1 aromatic rings. The van der Waals surface area contributed by atoms with Crippen LogP contribution in [0.25, 0.3) is 0 Å². The molecular formula is C8H8BrClFNO. The molecule has 1 rings (SSSR count). The Labute approximate surface area is 88.9 Å². The van der Waals surface area contributed by atoms with Crippen LogP contribution in [0.1, 0.15) is 5.56 Å². The van der Waals surface area contributed by atoms with Gasteiger partial charge in [0, 0.05) is 16.5 Å². The van der Waals surface area contributed by atoms with E-state index in [4.69, 9.17) is 17.5 Å². The van der Waals surface area contributed by atoms with Crippen LogP contribution >= 0.6 is 27.5 Å². The Morgan fingerprint density at radius 1 is 1.54 bits per heavy atom. The molecule has 0 aliphatic carbocycles. The molecule has 0 fully saturated rings. The van der Waals surface area contributed by atoms with Crippen molar-refractivity contribution in [2.24, 2.45) is 5.90 Å². The maximum absolute atomic E-state index is 13.2. The quantitative estimate of drug-likeness (QED) is 0.676. The van der Waals surface area contributed by atoms with Crippen molar-refractivity contribution in [3.63, 3.8) is 0 Å². The first kappa shape index (κ1) is 10.9. The molecule has 0 saturated carbocycles. The second-order valence-electron chi connectivity index (χ2n) is 2.44. The van der Waals surface area contributed by atoms with Crippen LogP contribution in [-0.4, -0.2) is 6.61 Å². The van der Waals surface area contributed by atoms with E-state index in [1.165, 1.54) is 12.1 Å². The van der Waals surface area contributed by atoms with Crippen molar-refractivity contribution in [3.8, 4) is 0 Å². The summed E-state index contributed by atoms with van der Waals surface area (Å²) < 4.78 is 13.7. The second-order valence-corrected chi connectivity index (χ2v) is 3.64. The van der Waals surface area contributed by atoms with Crippen LogP contribution in [-0.2, 0) is 11.3 Å². The Hall–Kier alpha value is -0.160. The summed E-state index contributed by atoms with van der Waals surface area (Å²) in [5.74, 6) is 4.53. The lowest BCUT2D eigenvalue weighted by Gasteiger charge is -2.06. The molecule has 0 unspecified atom stereocenters. The number of rotatable bonds is 3. The molecule has 0 saturated heterocycles. The Morgan fingerprint density at radius 2 is 2.23 bits per heavy atom. The average Bonchev–Trinajstić information content (AvgIpc) is 2.12. The highest BCUT2D eigenvalue weighted by atomic mass is 79.9. The summed E-state index contributed by atoms with van der Waals surface area (Å²) in [6.07, 6.45) is 0.392. The van der Waals surface area contributed by atoms with Crippen LogP contribution in [0, 0.1) is 5.82 Å². The highest BCUT2D eigenvalue weighted by molar-refractivity contribution is 9.10. The molecule has 0 amide bonds. The lowest BCUT2D eigenvalue weighted by Crippen LogP contribution is -2.05. The maximum Gasteiger partial charge on any atom is 0.127 e. The molecule has 0 aromatic heterocycles. The molecule has 0 heterocycles. The summed E-state index contributed by atoms with van der Waals surface area (Å²) in [6, 6.07) is 2.81. The van der Waals surface area contributed by atoms with Gasteiger partial charge in [-0.3, -0.25) is 0 Å². The normalized spacial score (nSPS) is 10.5. The van der Waals surface area contributed by atoms with Gasteiger partial charge in [-0.1, -0.05) is 11.6 Å². The minimum absolute atomic E-state index is 0.260. The van der Waals surface area contributed by atoms with E-state index >= 15 is 0 Å². The number of benzene rings is 1.